The highest BCUT2D eigenvalue weighted by Gasteiger charge is 2.40. The standard InChI is InChI=1S/C11H10BrNO3/c1-11(2)7-4-5(12)3-6(9(14)15)8(7)13-10(11)16/h3-4H,1-2H3,(H,13,16)(H,14,15). The number of carbonyl (C=O) groups is 2. The Bertz CT molecular complexity index is 508. The molecule has 1 aliphatic heterocycles. The molecule has 5 heteroatoms. The Morgan fingerprint density at radius 2 is 2.06 bits per heavy atom. The molecule has 1 heterocycles. The molecule has 0 radical (unpaired) electrons. The predicted octanol–water partition coefficient (Wildman–Crippen LogP) is 2.38. The van der Waals surface area contributed by atoms with Gasteiger partial charge in [0.2, 0.25) is 5.91 Å². The fourth-order valence-corrected chi connectivity index (χ4v) is 2.25. The van der Waals surface area contributed by atoms with E-state index in [2.05, 4.69) is 21.2 Å². The summed E-state index contributed by atoms with van der Waals surface area (Å²) in [5.41, 5.74) is 0.543. The topological polar surface area (TPSA) is 66.4 Å². The highest BCUT2D eigenvalue weighted by atomic mass is 79.9. The first-order chi connectivity index (χ1) is 7.34. The molecule has 1 aromatic rings. The fraction of sp³-hybridized carbons (Fsp3) is 0.273. The highest BCUT2D eigenvalue weighted by molar-refractivity contribution is 9.10. The number of halogens is 1. The third-order valence-corrected chi connectivity index (χ3v) is 3.27. The Morgan fingerprint density at radius 3 is 2.62 bits per heavy atom. The molecule has 1 aliphatic rings. The van der Waals surface area contributed by atoms with Gasteiger partial charge in [-0.15, -0.1) is 0 Å². The zero-order valence-corrected chi connectivity index (χ0v) is 10.4. The Labute approximate surface area is 101 Å². The van der Waals surface area contributed by atoms with Crippen molar-refractivity contribution in [2.75, 3.05) is 5.32 Å². The normalized spacial score (nSPS) is 16.8. The molecule has 0 fully saturated rings. The molecular formula is C11H10BrNO3. The lowest BCUT2D eigenvalue weighted by atomic mass is 9.85. The van der Waals surface area contributed by atoms with E-state index in [1.54, 1.807) is 19.9 Å². The summed E-state index contributed by atoms with van der Waals surface area (Å²) in [6.07, 6.45) is 0. The van der Waals surface area contributed by atoms with Gasteiger partial charge < -0.3 is 10.4 Å². The highest BCUT2D eigenvalue weighted by Crippen LogP contribution is 2.41. The number of rotatable bonds is 1. The second-order valence-electron chi connectivity index (χ2n) is 4.26. The summed E-state index contributed by atoms with van der Waals surface area (Å²) in [5, 5.41) is 11.7. The van der Waals surface area contributed by atoms with Crippen molar-refractivity contribution in [2.45, 2.75) is 19.3 Å². The number of benzene rings is 1. The van der Waals surface area contributed by atoms with E-state index in [-0.39, 0.29) is 11.5 Å². The number of anilines is 1. The first-order valence-corrected chi connectivity index (χ1v) is 5.52. The molecular weight excluding hydrogens is 274 g/mol. The minimum absolute atomic E-state index is 0.114. The maximum atomic E-state index is 11.7. The minimum Gasteiger partial charge on any atom is -0.478 e. The van der Waals surface area contributed by atoms with E-state index in [9.17, 15) is 9.59 Å². The minimum atomic E-state index is -1.05. The molecule has 0 saturated heterocycles. The second-order valence-corrected chi connectivity index (χ2v) is 5.18. The van der Waals surface area contributed by atoms with Gasteiger partial charge in [0.15, 0.2) is 0 Å². The predicted molar refractivity (Wildman–Crippen MR) is 62.8 cm³/mol. The molecule has 0 aromatic heterocycles. The Morgan fingerprint density at radius 1 is 1.44 bits per heavy atom. The molecule has 1 aromatic carbocycles. The molecule has 1 amide bonds. The molecule has 0 spiro atoms. The number of carboxylic acids is 1. The fourth-order valence-electron chi connectivity index (χ4n) is 1.80. The number of fused-ring (bicyclic) bond motifs is 1. The van der Waals surface area contributed by atoms with E-state index in [0.29, 0.717) is 15.7 Å². The van der Waals surface area contributed by atoms with E-state index in [1.807, 2.05) is 0 Å². The zero-order chi connectivity index (χ0) is 12.1. The number of amides is 1. The molecule has 0 saturated carbocycles. The van der Waals surface area contributed by atoms with Crippen LogP contribution >= 0.6 is 15.9 Å². The molecule has 84 valence electrons. The van der Waals surface area contributed by atoms with Crippen LogP contribution in [-0.4, -0.2) is 17.0 Å². The van der Waals surface area contributed by atoms with Crippen molar-refractivity contribution in [1.82, 2.24) is 0 Å². The van der Waals surface area contributed by atoms with E-state index in [4.69, 9.17) is 5.11 Å². The average molecular weight is 284 g/mol. The van der Waals surface area contributed by atoms with Crippen molar-refractivity contribution >= 4 is 33.5 Å². The number of carbonyl (C=O) groups excluding carboxylic acids is 1. The van der Waals surface area contributed by atoms with Crippen molar-refractivity contribution in [3.63, 3.8) is 0 Å². The lowest BCUT2D eigenvalue weighted by Gasteiger charge is -2.15. The quantitative estimate of drug-likeness (QED) is 0.832. The number of nitrogens with one attached hydrogen (secondary N) is 1. The van der Waals surface area contributed by atoms with Crippen LogP contribution in [0.5, 0.6) is 0 Å². The van der Waals surface area contributed by atoms with Crippen LogP contribution in [-0.2, 0) is 10.2 Å². The SMILES string of the molecule is CC1(C)C(=O)Nc2c(C(=O)O)cc(Br)cc21. The van der Waals surface area contributed by atoms with Gasteiger partial charge in [-0.05, 0) is 31.5 Å². The van der Waals surface area contributed by atoms with Gasteiger partial charge in [0.25, 0.3) is 0 Å². The van der Waals surface area contributed by atoms with Crippen LogP contribution in [0.25, 0.3) is 0 Å². The molecule has 0 unspecified atom stereocenters. The molecule has 4 nitrogen and oxygen atoms in total. The number of aromatic carboxylic acids is 1. The molecule has 0 aliphatic carbocycles. The number of carboxylic acid groups (broad SMARTS) is 1. The van der Waals surface area contributed by atoms with Gasteiger partial charge in [0.1, 0.15) is 0 Å². The van der Waals surface area contributed by atoms with Crippen molar-refractivity contribution in [2.24, 2.45) is 0 Å². The zero-order valence-electron chi connectivity index (χ0n) is 8.80. The van der Waals surface area contributed by atoms with Gasteiger partial charge in [0, 0.05) is 4.47 Å². The van der Waals surface area contributed by atoms with Gasteiger partial charge in [-0.2, -0.15) is 0 Å². The largest absolute Gasteiger partial charge is 0.478 e. The maximum Gasteiger partial charge on any atom is 0.337 e. The maximum absolute atomic E-state index is 11.7. The van der Waals surface area contributed by atoms with E-state index < -0.39 is 11.4 Å². The molecule has 0 bridgehead atoms. The van der Waals surface area contributed by atoms with Gasteiger partial charge >= 0.3 is 5.97 Å². The first-order valence-electron chi connectivity index (χ1n) is 4.73. The Balaban J connectivity index is 2.74. The third-order valence-electron chi connectivity index (χ3n) is 2.81. The van der Waals surface area contributed by atoms with E-state index >= 15 is 0 Å². The smallest absolute Gasteiger partial charge is 0.337 e. The van der Waals surface area contributed by atoms with E-state index in [1.165, 1.54) is 6.07 Å². The summed E-state index contributed by atoms with van der Waals surface area (Å²) >= 11 is 3.25. The summed E-state index contributed by atoms with van der Waals surface area (Å²) < 4.78 is 0.660. The molecule has 0 atom stereocenters. The summed E-state index contributed by atoms with van der Waals surface area (Å²) in [6.45, 7) is 3.54. The van der Waals surface area contributed by atoms with Crippen LogP contribution in [0.3, 0.4) is 0 Å². The molecule has 2 N–H and O–H groups in total. The third kappa shape index (κ3) is 1.43. The molecule has 2 rings (SSSR count). The van der Waals surface area contributed by atoms with Gasteiger partial charge in [-0.1, -0.05) is 15.9 Å². The summed E-state index contributed by atoms with van der Waals surface area (Å²) in [4.78, 5) is 22.8. The van der Waals surface area contributed by atoms with E-state index in [0.717, 1.165) is 0 Å². The summed E-state index contributed by atoms with van der Waals surface area (Å²) in [6, 6.07) is 3.27. The van der Waals surface area contributed by atoms with Crippen LogP contribution in [0.4, 0.5) is 5.69 Å². The van der Waals surface area contributed by atoms with Gasteiger partial charge in [-0.25, -0.2) is 4.79 Å². The number of hydrogen-bond acceptors (Lipinski definition) is 2. The van der Waals surface area contributed by atoms with Crippen LogP contribution in [0, 0.1) is 0 Å². The average Bonchev–Trinajstić information content (AvgIpc) is 2.39. The second kappa shape index (κ2) is 3.31. The van der Waals surface area contributed by atoms with Crippen LogP contribution in [0.2, 0.25) is 0 Å². The van der Waals surface area contributed by atoms with Crippen LogP contribution in [0.15, 0.2) is 16.6 Å². The first kappa shape index (κ1) is 11.1. The van der Waals surface area contributed by atoms with Gasteiger partial charge in [-0.3, -0.25) is 4.79 Å². The molecule has 16 heavy (non-hydrogen) atoms. The van der Waals surface area contributed by atoms with Crippen molar-refractivity contribution in [3.8, 4) is 0 Å². The van der Waals surface area contributed by atoms with Crippen molar-refractivity contribution in [3.05, 3.63) is 27.7 Å². The van der Waals surface area contributed by atoms with Crippen molar-refractivity contribution in [1.29, 1.82) is 0 Å². The van der Waals surface area contributed by atoms with Crippen LogP contribution in [0.1, 0.15) is 29.8 Å². The van der Waals surface area contributed by atoms with Gasteiger partial charge in [0.05, 0.1) is 16.7 Å². The summed E-state index contributed by atoms with van der Waals surface area (Å²) in [5.74, 6) is -1.22. The lowest BCUT2D eigenvalue weighted by molar-refractivity contribution is -0.119. The Hall–Kier alpha value is -1.36. The lowest BCUT2D eigenvalue weighted by Crippen LogP contribution is -2.26. The number of hydrogen-bond donors (Lipinski definition) is 2. The van der Waals surface area contributed by atoms with Crippen molar-refractivity contribution < 1.29 is 14.7 Å². The Kier molecular flexibility index (Phi) is 2.31. The van der Waals surface area contributed by atoms with Crippen LogP contribution < -0.4 is 5.32 Å². The summed E-state index contributed by atoms with van der Waals surface area (Å²) in [7, 11) is 0. The monoisotopic (exact) mass is 283 g/mol.